The fourth-order valence-electron chi connectivity index (χ4n) is 1.64. The summed E-state index contributed by atoms with van der Waals surface area (Å²) < 4.78 is 5.96. The van der Waals surface area contributed by atoms with Gasteiger partial charge in [0.25, 0.3) is 0 Å². The fourth-order valence-corrected chi connectivity index (χ4v) is 1.98. The maximum atomic E-state index is 11.7. The average molecular weight is 255 g/mol. The summed E-state index contributed by atoms with van der Waals surface area (Å²) in [5.41, 5.74) is 0.970. The lowest BCUT2D eigenvalue weighted by Gasteiger charge is -1.97. The van der Waals surface area contributed by atoms with Gasteiger partial charge < -0.3 is 4.42 Å². The smallest absolute Gasteiger partial charge is 0.169 e. The number of carbonyl (C=O) groups is 1. The van der Waals surface area contributed by atoms with Gasteiger partial charge in [-0.3, -0.25) is 4.79 Å². The van der Waals surface area contributed by atoms with E-state index in [1.54, 1.807) is 0 Å². The van der Waals surface area contributed by atoms with Gasteiger partial charge in [0.2, 0.25) is 0 Å². The van der Waals surface area contributed by atoms with Crippen LogP contribution in [0.5, 0.6) is 0 Å². The summed E-state index contributed by atoms with van der Waals surface area (Å²) in [6.45, 7) is 0. The second kappa shape index (κ2) is 4.13. The monoisotopic (exact) mass is 254 g/mol. The van der Waals surface area contributed by atoms with Gasteiger partial charge in [0.05, 0.1) is 6.42 Å². The summed E-state index contributed by atoms with van der Waals surface area (Å²) in [5.74, 6) is 0.930. The van der Waals surface area contributed by atoms with Gasteiger partial charge in [0, 0.05) is 0 Å². The molecule has 0 saturated heterocycles. The highest BCUT2D eigenvalue weighted by molar-refractivity contribution is 9.10. The van der Waals surface area contributed by atoms with Gasteiger partial charge in [-0.2, -0.15) is 0 Å². The minimum Gasteiger partial charge on any atom is -0.454 e. The molecule has 1 aliphatic rings. The Labute approximate surface area is 91.1 Å². The van der Waals surface area contributed by atoms with Gasteiger partial charge in [0.1, 0.15) is 5.76 Å². The van der Waals surface area contributed by atoms with Gasteiger partial charge in [0.15, 0.2) is 10.5 Å². The molecule has 0 saturated carbocycles. The molecule has 1 aromatic rings. The van der Waals surface area contributed by atoms with Crippen LogP contribution in [-0.2, 0) is 11.2 Å². The summed E-state index contributed by atoms with van der Waals surface area (Å²) >= 11 is 3.21. The van der Waals surface area contributed by atoms with Crippen molar-refractivity contribution in [1.82, 2.24) is 0 Å². The first-order chi connectivity index (χ1) is 6.75. The molecule has 74 valence electrons. The molecule has 14 heavy (non-hydrogen) atoms. The third-order valence-corrected chi connectivity index (χ3v) is 2.79. The number of allylic oxidation sites excluding steroid dienone is 2. The van der Waals surface area contributed by atoms with Crippen molar-refractivity contribution in [3.8, 4) is 0 Å². The number of halogens is 1. The molecule has 0 aromatic carbocycles. The molecule has 1 aliphatic carbocycles. The molecule has 2 nitrogen and oxygen atoms in total. The molecule has 3 heteroatoms. The second-order valence-corrected chi connectivity index (χ2v) is 4.21. The minimum absolute atomic E-state index is 0.198. The number of Topliss-reactive ketones (excluding diaryl/α,β-unsaturated/α-hetero) is 1. The van der Waals surface area contributed by atoms with Crippen LogP contribution < -0.4 is 0 Å². The van der Waals surface area contributed by atoms with E-state index in [1.165, 1.54) is 0 Å². The third kappa shape index (κ3) is 2.15. The maximum Gasteiger partial charge on any atom is 0.169 e. The zero-order chi connectivity index (χ0) is 9.97. The summed E-state index contributed by atoms with van der Waals surface area (Å²) in [7, 11) is 0. The van der Waals surface area contributed by atoms with E-state index in [-0.39, 0.29) is 5.78 Å². The number of hydrogen-bond acceptors (Lipinski definition) is 2. The Morgan fingerprint density at radius 3 is 2.93 bits per heavy atom. The highest BCUT2D eigenvalue weighted by atomic mass is 79.9. The third-order valence-electron chi connectivity index (χ3n) is 2.36. The molecule has 0 atom stereocenters. The molecule has 0 fully saturated rings. The Balaban J connectivity index is 2.01. The normalized spacial score (nSPS) is 15.6. The first-order valence-electron chi connectivity index (χ1n) is 4.72. The zero-order valence-electron chi connectivity index (χ0n) is 7.75. The Morgan fingerprint density at radius 1 is 1.50 bits per heavy atom. The van der Waals surface area contributed by atoms with Crippen molar-refractivity contribution in [3.05, 3.63) is 34.2 Å². The van der Waals surface area contributed by atoms with E-state index in [4.69, 9.17) is 4.42 Å². The molecule has 0 unspecified atom stereocenters. The van der Waals surface area contributed by atoms with Crippen molar-refractivity contribution < 1.29 is 9.21 Å². The molecule has 0 N–H and O–H groups in total. The quantitative estimate of drug-likeness (QED) is 0.829. The van der Waals surface area contributed by atoms with Crippen LogP contribution in [0.4, 0.5) is 0 Å². The standard InChI is InChI=1S/C11H11BrO2/c12-11-6-5-9(14-11)7-10(13)8-3-1-2-4-8/h3,5-6H,1-2,4,7H2. The zero-order valence-corrected chi connectivity index (χ0v) is 9.34. The molecule has 0 bridgehead atoms. The molecule has 0 spiro atoms. The van der Waals surface area contributed by atoms with Crippen LogP contribution in [0.2, 0.25) is 0 Å². The lowest BCUT2D eigenvalue weighted by molar-refractivity contribution is -0.115. The Kier molecular flexibility index (Phi) is 2.87. The van der Waals surface area contributed by atoms with Gasteiger partial charge in [-0.1, -0.05) is 6.08 Å². The maximum absolute atomic E-state index is 11.7. The summed E-state index contributed by atoms with van der Waals surface area (Å²) in [6, 6.07) is 3.64. The SMILES string of the molecule is O=C(Cc1ccc(Br)o1)C1=CCCC1. The van der Waals surface area contributed by atoms with Crippen molar-refractivity contribution in [2.24, 2.45) is 0 Å². The summed E-state index contributed by atoms with van der Waals surface area (Å²) in [6.07, 6.45) is 5.52. The van der Waals surface area contributed by atoms with Crippen LogP contribution in [0.15, 0.2) is 32.9 Å². The molecule has 2 rings (SSSR count). The van der Waals surface area contributed by atoms with Crippen molar-refractivity contribution in [1.29, 1.82) is 0 Å². The van der Waals surface area contributed by atoms with Gasteiger partial charge >= 0.3 is 0 Å². The van der Waals surface area contributed by atoms with Crippen molar-refractivity contribution in [2.75, 3.05) is 0 Å². The summed E-state index contributed by atoms with van der Waals surface area (Å²) in [4.78, 5) is 11.7. The van der Waals surface area contributed by atoms with E-state index in [9.17, 15) is 4.79 Å². The lowest BCUT2D eigenvalue weighted by Crippen LogP contribution is -2.03. The number of carbonyl (C=O) groups excluding carboxylic acids is 1. The van der Waals surface area contributed by atoms with E-state index in [2.05, 4.69) is 15.9 Å². The predicted octanol–water partition coefficient (Wildman–Crippen LogP) is 3.26. The fraction of sp³-hybridized carbons (Fsp3) is 0.364. The molecule has 0 amide bonds. The molecule has 0 aliphatic heterocycles. The van der Waals surface area contributed by atoms with Gasteiger partial charge in [-0.25, -0.2) is 0 Å². The van der Waals surface area contributed by atoms with Crippen molar-refractivity contribution >= 4 is 21.7 Å². The van der Waals surface area contributed by atoms with E-state index in [1.807, 2.05) is 18.2 Å². The molecule has 1 heterocycles. The van der Waals surface area contributed by atoms with Gasteiger partial charge in [-0.15, -0.1) is 0 Å². The minimum atomic E-state index is 0.198. The first-order valence-corrected chi connectivity index (χ1v) is 5.51. The van der Waals surface area contributed by atoms with Crippen LogP contribution in [0.25, 0.3) is 0 Å². The highest BCUT2D eigenvalue weighted by Gasteiger charge is 2.15. The largest absolute Gasteiger partial charge is 0.454 e. The first kappa shape index (κ1) is 9.71. The second-order valence-electron chi connectivity index (χ2n) is 3.43. The molecule has 1 aromatic heterocycles. The highest BCUT2D eigenvalue weighted by Crippen LogP contribution is 2.21. The Morgan fingerprint density at radius 2 is 2.36 bits per heavy atom. The van der Waals surface area contributed by atoms with E-state index in [0.29, 0.717) is 11.1 Å². The van der Waals surface area contributed by atoms with Crippen LogP contribution in [-0.4, -0.2) is 5.78 Å². The van der Waals surface area contributed by atoms with Crippen molar-refractivity contribution in [3.63, 3.8) is 0 Å². The predicted molar refractivity (Wildman–Crippen MR) is 57.1 cm³/mol. The van der Waals surface area contributed by atoms with Gasteiger partial charge in [-0.05, 0) is 52.9 Å². The number of ketones is 1. The average Bonchev–Trinajstić information content (AvgIpc) is 2.75. The van der Waals surface area contributed by atoms with Crippen LogP contribution in [0, 0.1) is 0 Å². The number of furan rings is 1. The molecule has 0 radical (unpaired) electrons. The molecular formula is C11H11BrO2. The van der Waals surface area contributed by atoms with E-state index < -0.39 is 0 Å². The Hall–Kier alpha value is -0.830. The van der Waals surface area contributed by atoms with Crippen LogP contribution in [0.3, 0.4) is 0 Å². The summed E-state index contributed by atoms with van der Waals surface area (Å²) in [5, 5.41) is 0. The lowest BCUT2D eigenvalue weighted by atomic mass is 10.1. The number of hydrogen-bond donors (Lipinski definition) is 0. The van der Waals surface area contributed by atoms with E-state index >= 15 is 0 Å². The topological polar surface area (TPSA) is 30.2 Å². The molecular weight excluding hydrogens is 244 g/mol. The van der Waals surface area contributed by atoms with Crippen LogP contribution in [0.1, 0.15) is 25.0 Å². The van der Waals surface area contributed by atoms with Crippen molar-refractivity contribution in [2.45, 2.75) is 25.7 Å². The Bertz CT molecular complexity index is 376. The van der Waals surface area contributed by atoms with Crippen LogP contribution >= 0.6 is 15.9 Å². The van der Waals surface area contributed by atoms with E-state index in [0.717, 1.165) is 30.6 Å². The number of rotatable bonds is 3.